The van der Waals surface area contributed by atoms with Crippen LogP contribution in [0.2, 0.25) is 0 Å². The summed E-state index contributed by atoms with van der Waals surface area (Å²) in [7, 11) is 0. The minimum atomic E-state index is 0.684. The molecule has 0 spiro atoms. The van der Waals surface area contributed by atoms with Gasteiger partial charge in [-0.3, -0.25) is 9.80 Å². The zero-order valence-corrected chi connectivity index (χ0v) is 11.3. The molecule has 0 aliphatic carbocycles. The number of nitrogens with zero attached hydrogens (tertiary/aromatic N) is 3. The Hall–Kier alpha value is -0.450. The molecule has 0 unspecified atom stereocenters. The van der Waals surface area contributed by atoms with E-state index in [9.17, 15) is 0 Å². The van der Waals surface area contributed by atoms with Gasteiger partial charge >= 0.3 is 0 Å². The first-order valence-corrected chi connectivity index (χ1v) is 6.90. The summed E-state index contributed by atoms with van der Waals surface area (Å²) in [6.07, 6.45) is 0. The van der Waals surface area contributed by atoms with Crippen LogP contribution in [0.25, 0.3) is 0 Å². The Kier molecular flexibility index (Phi) is 3.95. The lowest BCUT2D eigenvalue weighted by Gasteiger charge is -2.36. The van der Waals surface area contributed by atoms with Gasteiger partial charge in [0.25, 0.3) is 0 Å². The molecule has 0 radical (unpaired) electrons. The molecule has 0 amide bonds. The van der Waals surface area contributed by atoms with Crippen LogP contribution in [-0.2, 0) is 6.54 Å². The Morgan fingerprint density at radius 3 is 2.50 bits per heavy atom. The Bertz CT molecular complexity index is 327. The van der Waals surface area contributed by atoms with Crippen LogP contribution in [0, 0.1) is 6.92 Å². The van der Waals surface area contributed by atoms with Crippen LogP contribution >= 0.6 is 11.3 Å². The van der Waals surface area contributed by atoms with Crippen molar-refractivity contribution >= 4 is 11.3 Å². The van der Waals surface area contributed by atoms with Crippen molar-refractivity contribution in [3.63, 3.8) is 0 Å². The summed E-state index contributed by atoms with van der Waals surface area (Å²) in [5.41, 5.74) is 1.24. The van der Waals surface area contributed by atoms with Crippen LogP contribution in [0.5, 0.6) is 0 Å². The average molecular weight is 239 g/mol. The van der Waals surface area contributed by atoms with E-state index in [0.717, 1.165) is 6.54 Å². The molecule has 1 aromatic heterocycles. The van der Waals surface area contributed by atoms with E-state index in [1.807, 2.05) is 0 Å². The Morgan fingerprint density at radius 1 is 1.31 bits per heavy atom. The lowest BCUT2D eigenvalue weighted by Crippen LogP contribution is -2.48. The maximum Gasteiger partial charge on any atom is 0.0897 e. The Morgan fingerprint density at radius 2 is 2.00 bits per heavy atom. The smallest absolute Gasteiger partial charge is 0.0897 e. The summed E-state index contributed by atoms with van der Waals surface area (Å²) in [6.45, 7) is 12.4. The third-order valence-electron chi connectivity index (χ3n) is 3.19. The molecule has 2 heterocycles. The van der Waals surface area contributed by atoms with E-state index in [1.165, 1.54) is 36.9 Å². The van der Waals surface area contributed by atoms with E-state index < -0.39 is 0 Å². The summed E-state index contributed by atoms with van der Waals surface area (Å²) >= 11 is 1.75. The van der Waals surface area contributed by atoms with Crippen molar-refractivity contribution in [3.05, 3.63) is 16.1 Å². The second-order valence-electron chi connectivity index (χ2n) is 4.76. The van der Waals surface area contributed by atoms with E-state index in [-0.39, 0.29) is 0 Å². The minimum absolute atomic E-state index is 0.684. The number of hydrogen-bond acceptors (Lipinski definition) is 4. The zero-order chi connectivity index (χ0) is 11.5. The van der Waals surface area contributed by atoms with Crippen LogP contribution in [0.3, 0.4) is 0 Å². The van der Waals surface area contributed by atoms with Gasteiger partial charge in [-0.1, -0.05) is 0 Å². The highest BCUT2D eigenvalue weighted by atomic mass is 32.1. The summed E-state index contributed by atoms with van der Waals surface area (Å²) < 4.78 is 0. The first-order chi connectivity index (χ1) is 7.65. The third kappa shape index (κ3) is 3.03. The molecular weight excluding hydrogens is 218 g/mol. The lowest BCUT2D eigenvalue weighted by atomic mass is 10.2. The van der Waals surface area contributed by atoms with Crippen molar-refractivity contribution in [1.82, 2.24) is 14.8 Å². The maximum absolute atomic E-state index is 4.52. The van der Waals surface area contributed by atoms with Crippen LogP contribution in [0.1, 0.15) is 24.5 Å². The molecule has 1 aromatic rings. The maximum atomic E-state index is 4.52. The molecule has 0 N–H and O–H groups in total. The van der Waals surface area contributed by atoms with Gasteiger partial charge in [-0.25, -0.2) is 4.98 Å². The molecule has 1 aliphatic rings. The molecule has 4 heteroatoms. The topological polar surface area (TPSA) is 19.4 Å². The number of thiazole rings is 1. The number of hydrogen-bond donors (Lipinski definition) is 0. The van der Waals surface area contributed by atoms with Crippen molar-refractivity contribution in [2.45, 2.75) is 33.4 Å². The normalized spacial score (nSPS) is 19.5. The fourth-order valence-electron chi connectivity index (χ4n) is 2.15. The van der Waals surface area contributed by atoms with E-state index in [4.69, 9.17) is 0 Å². The van der Waals surface area contributed by atoms with Gasteiger partial charge in [0.1, 0.15) is 0 Å². The fourth-order valence-corrected chi connectivity index (χ4v) is 2.75. The van der Waals surface area contributed by atoms with Gasteiger partial charge in [0.15, 0.2) is 0 Å². The first-order valence-electron chi connectivity index (χ1n) is 6.02. The number of aromatic nitrogens is 1. The monoisotopic (exact) mass is 239 g/mol. The highest BCUT2D eigenvalue weighted by molar-refractivity contribution is 7.09. The SMILES string of the molecule is Cc1nc(CN2CCN(C(C)C)CC2)cs1. The van der Waals surface area contributed by atoms with Crippen molar-refractivity contribution in [3.8, 4) is 0 Å². The summed E-state index contributed by atoms with van der Waals surface area (Å²) in [5, 5.41) is 3.36. The molecule has 16 heavy (non-hydrogen) atoms. The average Bonchev–Trinajstić information content (AvgIpc) is 2.65. The number of aryl methyl sites for hydroxylation is 1. The molecule has 90 valence electrons. The number of rotatable bonds is 3. The molecule has 3 nitrogen and oxygen atoms in total. The van der Waals surface area contributed by atoms with Gasteiger partial charge in [-0.05, 0) is 20.8 Å². The zero-order valence-electron chi connectivity index (χ0n) is 10.4. The second kappa shape index (κ2) is 5.25. The Balaban J connectivity index is 1.81. The standard InChI is InChI=1S/C12H21N3S/c1-10(2)15-6-4-14(5-7-15)8-12-9-16-11(3)13-12/h9-10H,4-8H2,1-3H3. The number of piperazine rings is 1. The van der Waals surface area contributed by atoms with Crippen molar-refractivity contribution in [2.75, 3.05) is 26.2 Å². The van der Waals surface area contributed by atoms with Gasteiger partial charge < -0.3 is 0 Å². The lowest BCUT2D eigenvalue weighted by molar-refractivity contribution is 0.103. The first kappa shape index (κ1) is 12.0. The predicted molar refractivity (Wildman–Crippen MR) is 68.8 cm³/mol. The van der Waals surface area contributed by atoms with Crippen molar-refractivity contribution in [2.24, 2.45) is 0 Å². The van der Waals surface area contributed by atoms with Crippen LogP contribution in [-0.4, -0.2) is 47.0 Å². The minimum Gasteiger partial charge on any atom is -0.298 e. The van der Waals surface area contributed by atoms with Crippen LogP contribution < -0.4 is 0 Å². The largest absolute Gasteiger partial charge is 0.298 e. The van der Waals surface area contributed by atoms with Gasteiger partial charge in [0.05, 0.1) is 10.7 Å². The van der Waals surface area contributed by atoms with Crippen molar-refractivity contribution in [1.29, 1.82) is 0 Å². The summed E-state index contributed by atoms with van der Waals surface area (Å²) in [6, 6.07) is 0.684. The molecule has 0 aromatic carbocycles. The Labute approximate surface area is 102 Å². The third-order valence-corrected chi connectivity index (χ3v) is 4.01. The van der Waals surface area contributed by atoms with Gasteiger partial charge in [-0.2, -0.15) is 0 Å². The van der Waals surface area contributed by atoms with E-state index in [1.54, 1.807) is 11.3 Å². The molecular formula is C12H21N3S. The van der Waals surface area contributed by atoms with Gasteiger partial charge in [-0.15, -0.1) is 11.3 Å². The predicted octanol–water partition coefficient (Wildman–Crippen LogP) is 1.98. The quantitative estimate of drug-likeness (QED) is 0.804. The molecule has 1 aliphatic heterocycles. The van der Waals surface area contributed by atoms with Gasteiger partial charge in [0.2, 0.25) is 0 Å². The molecule has 1 fully saturated rings. The van der Waals surface area contributed by atoms with E-state index >= 15 is 0 Å². The summed E-state index contributed by atoms with van der Waals surface area (Å²) in [4.78, 5) is 9.57. The van der Waals surface area contributed by atoms with Crippen LogP contribution in [0.4, 0.5) is 0 Å². The fraction of sp³-hybridized carbons (Fsp3) is 0.750. The van der Waals surface area contributed by atoms with Crippen LogP contribution in [0.15, 0.2) is 5.38 Å². The van der Waals surface area contributed by atoms with Crippen molar-refractivity contribution < 1.29 is 0 Å². The second-order valence-corrected chi connectivity index (χ2v) is 5.83. The van der Waals surface area contributed by atoms with E-state index in [2.05, 4.69) is 40.9 Å². The molecule has 1 saturated heterocycles. The van der Waals surface area contributed by atoms with E-state index in [0.29, 0.717) is 6.04 Å². The molecule has 0 saturated carbocycles. The molecule has 0 atom stereocenters. The van der Waals surface area contributed by atoms with Gasteiger partial charge in [0, 0.05) is 44.1 Å². The highest BCUT2D eigenvalue weighted by Crippen LogP contribution is 2.12. The molecule has 0 bridgehead atoms. The highest BCUT2D eigenvalue weighted by Gasteiger charge is 2.19. The summed E-state index contributed by atoms with van der Waals surface area (Å²) in [5.74, 6) is 0. The molecule has 2 rings (SSSR count).